The van der Waals surface area contributed by atoms with Crippen LogP contribution in [0.5, 0.6) is 5.75 Å². The van der Waals surface area contributed by atoms with E-state index >= 15 is 0 Å². The zero-order chi connectivity index (χ0) is 24.1. The van der Waals surface area contributed by atoms with Crippen molar-refractivity contribution in [2.45, 2.75) is 31.1 Å². The molecule has 2 heterocycles. The molecule has 0 saturated carbocycles. The van der Waals surface area contributed by atoms with Crippen LogP contribution in [0.2, 0.25) is 0 Å². The molecular formula is C25H34N4O4S. The lowest BCUT2D eigenvalue weighted by molar-refractivity contribution is 0.0746. The van der Waals surface area contributed by atoms with Crippen LogP contribution in [-0.4, -0.2) is 72.1 Å². The summed E-state index contributed by atoms with van der Waals surface area (Å²) in [4.78, 5) is 19.7. The van der Waals surface area contributed by atoms with Gasteiger partial charge in [-0.1, -0.05) is 6.92 Å². The van der Waals surface area contributed by atoms with Crippen LogP contribution in [0.15, 0.2) is 47.4 Å². The fourth-order valence-electron chi connectivity index (χ4n) is 4.54. The van der Waals surface area contributed by atoms with Gasteiger partial charge in [-0.3, -0.25) is 4.79 Å². The van der Waals surface area contributed by atoms with Gasteiger partial charge in [-0.25, -0.2) is 13.1 Å². The van der Waals surface area contributed by atoms with Gasteiger partial charge < -0.3 is 19.4 Å². The van der Waals surface area contributed by atoms with E-state index in [9.17, 15) is 13.2 Å². The molecule has 0 spiro atoms. The molecule has 34 heavy (non-hydrogen) atoms. The Hall–Kier alpha value is -2.78. The molecule has 0 unspecified atom stereocenters. The second kappa shape index (κ2) is 10.7. The molecule has 184 valence electrons. The first-order valence-corrected chi connectivity index (χ1v) is 13.5. The Balaban J connectivity index is 1.51. The van der Waals surface area contributed by atoms with Crippen LogP contribution in [0.25, 0.3) is 0 Å². The van der Waals surface area contributed by atoms with Crippen LogP contribution in [0.1, 0.15) is 36.5 Å². The molecule has 0 aromatic heterocycles. The Labute approximate surface area is 202 Å². The molecule has 9 heteroatoms. The number of carbonyl (C=O) groups excluding carboxylic acids is 1. The first-order chi connectivity index (χ1) is 16.4. The Kier molecular flexibility index (Phi) is 7.63. The molecule has 2 aromatic rings. The first kappa shape index (κ1) is 24.3. The molecule has 0 radical (unpaired) electrons. The number of nitrogens with one attached hydrogen (secondary N) is 1. The van der Waals surface area contributed by atoms with Crippen molar-refractivity contribution < 1.29 is 17.9 Å². The fourth-order valence-corrected chi connectivity index (χ4v) is 5.92. The van der Waals surface area contributed by atoms with Crippen molar-refractivity contribution in [3.63, 3.8) is 0 Å². The third-order valence-electron chi connectivity index (χ3n) is 6.49. The molecule has 2 aliphatic heterocycles. The van der Waals surface area contributed by atoms with Gasteiger partial charge in [-0.05, 0) is 61.7 Å². The number of anilines is 2. The Morgan fingerprint density at radius 3 is 2.24 bits per heavy atom. The minimum atomic E-state index is -3.71. The summed E-state index contributed by atoms with van der Waals surface area (Å²) in [6, 6.07) is 13.0. The zero-order valence-corrected chi connectivity index (χ0v) is 20.8. The van der Waals surface area contributed by atoms with Gasteiger partial charge in [0.1, 0.15) is 10.6 Å². The molecule has 2 aromatic carbocycles. The van der Waals surface area contributed by atoms with Gasteiger partial charge in [0.2, 0.25) is 10.0 Å². The van der Waals surface area contributed by atoms with Gasteiger partial charge in [0.15, 0.2) is 0 Å². The number of sulfonamides is 1. The Morgan fingerprint density at radius 2 is 1.62 bits per heavy atom. The van der Waals surface area contributed by atoms with Crippen molar-refractivity contribution in [3.05, 3.63) is 48.0 Å². The number of methoxy groups -OCH3 is 1. The number of rotatable bonds is 8. The van der Waals surface area contributed by atoms with E-state index in [0.717, 1.165) is 37.4 Å². The van der Waals surface area contributed by atoms with E-state index < -0.39 is 10.0 Å². The zero-order valence-electron chi connectivity index (χ0n) is 20.0. The number of hydrogen-bond donors (Lipinski definition) is 1. The SMILES string of the molecule is CCCNS(=O)(=O)c1cc(C(=O)N2CCN(c3ccc(OC)cc3)CC2)ccc1N1CCCC1. The van der Waals surface area contributed by atoms with E-state index in [1.165, 1.54) is 0 Å². The standard InChI is InChI=1S/C25H34N4O4S/c1-3-12-26-34(31,32)24-19-20(6-11-23(24)28-13-4-5-14-28)25(30)29-17-15-27(16-18-29)21-7-9-22(33-2)10-8-21/h6-11,19,26H,3-5,12-18H2,1-2H3. The molecular weight excluding hydrogens is 452 g/mol. The number of benzene rings is 2. The van der Waals surface area contributed by atoms with Crippen LogP contribution < -0.4 is 19.3 Å². The van der Waals surface area contributed by atoms with Gasteiger partial charge in [-0.15, -0.1) is 0 Å². The second-order valence-corrected chi connectivity index (χ2v) is 10.5. The lowest BCUT2D eigenvalue weighted by atomic mass is 10.1. The second-order valence-electron chi connectivity index (χ2n) is 8.75. The summed E-state index contributed by atoms with van der Waals surface area (Å²) in [6.07, 6.45) is 2.79. The molecule has 2 fully saturated rings. The summed E-state index contributed by atoms with van der Waals surface area (Å²) < 4.78 is 34.1. The third kappa shape index (κ3) is 5.31. The predicted molar refractivity (Wildman–Crippen MR) is 134 cm³/mol. The van der Waals surface area contributed by atoms with Gasteiger partial charge in [0, 0.05) is 57.1 Å². The molecule has 0 atom stereocenters. The summed E-state index contributed by atoms with van der Waals surface area (Å²) in [5, 5.41) is 0. The van der Waals surface area contributed by atoms with E-state index in [-0.39, 0.29) is 10.8 Å². The van der Waals surface area contributed by atoms with E-state index in [4.69, 9.17) is 4.74 Å². The monoisotopic (exact) mass is 486 g/mol. The number of ether oxygens (including phenoxy) is 1. The molecule has 0 aliphatic carbocycles. The van der Waals surface area contributed by atoms with Crippen molar-refractivity contribution in [2.24, 2.45) is 0 Å². The van der Waals surface area contributed by atoms with Crippen LogP contribution in [0.3, 0.4) is 0 Å². The normalized spacial score (nSPS) is 16.7. The summed E-state index contributed by atoms with van der Waals surface area (Å²) in [6.45, 7) is 6.54. The average molecular weight is 487 g/mol. The van der Waals surface area contributed by atoms with Crippen LogP contribution in [0.4, 0.5) is 11.4 Å². The number of piperazine rings is 1. The highest BCUT2D eigenvalue weighted by Crippen LogP contribution is 2.30. The first-order valence-electron chi connectivity index (χ1n) is 12.0. The summed E-state index contributed by atoms with van der Waals surface area (Å²) >= 11 is 0. The number of nitrogens with zero attached hydrogens (tertiary/aromatic N) is 3. The van der Waals surface area contributed by atoms with E-state index in [1.54, 1.807) is 30.2 Å². The van der Waals surface area contributed by atoms with Gasteiger partial charge in [-0.2, -0.15) is 0 Å². The topological polar surface area (TPSA) is 82.2 Å². The summed E-state index contributed by atoms with van der Waals surface area (Å²) in [7, 11) is -2.06. The molecule has 4 rings (SSSR count). The maximum Gasteiger partial charge on any atom is 0.254 e. The minimum absolute atomic E-state index is 0.130. The predicted octanol–water partition coefficient (Wildman–Crippen LogP) is 2.95. The van der Waals surface area contributed by atoms with Crippen molar-refractivity contribution in [1.82, 2.24) is 9.62 Å². The highest BCUT2D eigenvalue weighted by molar-refractivity contribution is 7.89. The lowest BCUT2D eigenvalue weighted by Crippen LogP contribution is -2.48. The largest absolute Gasteiger partial charge is 0.497 e. The van der Waals surface area contributed by atoms with Crippen molar-refractivity contribution in [1.29, 1.82) is 0 Å². The smallest absolute Gasteiger partial charge is 0.254 e. The van der Waals surface area contributed by atoms with Gasteiger partial charge in [0.05, 0.1) is 12.8 Å². The highest BCUT2D eigenvalue weighted by atomic mass is 32.2. The summed E-state index contributed by atoms with van der Waals surface area (Å²) in [5.74, 6) is 0.684. The summed E-state index contributed by atoms with van der Waals surface area (Å²) in [5.41, 5.74) is 2.19. The van der Waals surface area contributed by atoms with Gasteiger partial charge >= 0.3 is 0 Å². The number of hydrogen-bond acceptors (Lipinski definition) is 6. The Morgan fingerprint density at radius 1 is 0.941 bits per heavy atom. The number of amides is 1. The molecule has 2 aliphatic rings. The lowest BCUT2D eigenvalue weighted by Gasteiger charge is -2.36. The van der Waals surface area contributed by atoms with E-state index in [2.05, 4.69) is 14.5 Å². The minimum Gasteiger partial charge on any atom is -0.497 e. The third-order valence-corrected chi connectivity index (χ3v) is 7.98. The van der Waals surface area contributed by atoms with Crippen molar-refractivity contribution >= 4 is 27.3 Å². The molecule has 1 N–H and O–H groups in total. The van der Waals surface area contributed by atoms with Crippen molar-refractivity contribution in [2.75, 3.05) is 62.7 Å². The van der Waals surface area contributed by atoms with E-state index in [1.807, 2.05) is 31.2 Å². The van der Waals surface area contributed by atoms with Crippen LogP contribution in [0, 0.1) is 0 Å². The quantitative estimate of drug-likeness (QED) is 0.618. The molecule has 1 amide bonds. The van der Waals surface area contributed by atoms with Crippen LogP contribution in [-0.2, 0) is 10.0 Å². The van der Waals surface area contributed by atoms with E-state index in [0.29, 0.717) is 50.4 Å². The fraction of sp³-hybridized carbons (Fsp3) is 0.480. The van der Waals surface area contributed by atoms with Crippen molar-refractivity contribution in [3.8, 4) is 5.75 Å². The van der Waals surface area contributed by atoms with Gasteiger partial charge in [0.25, 0.3) is 5.91 Å². The highest BCUT2D eigenvalue weighted by Gasteiger charge is 2.27. The molecule has 0 bridgehead atoms. The molecule has 2 saturated heterocycles. The Bertz CT molecular complexity index is 1090. The maximum absolute atomic E-state index is 13.3. The molecule has 8 nitrogen and oxygen atoms in total. The number of carbonyl (C=O) groups is 1. The maximum atomic E-state index is 13.3. The average Bonchev–Trinajstić information content (AvgIpc) is 3.42. The van der Waals surface area contributed by atoms with Crippen LogP contribution >= 0.6 is 0 Å².